The molecule has 2 aromatic heterocycles. The molecule has 32 heavy (non-hydrogen) atoms. The molecule has 0 bridgehead atoms. The number of H-pyrrole nitrogens is 1. The van der Waals surface area contributed by atoms with Crippen molar-refractivity contribution in [1.29, 1.82) is 10.0 Å². The molecule has 0 amide bonds. The molecule has 3 aromatic rings. The van der Waals surface area contributed by atoms with Gasteiger partial charge >= 0.3 is 0 Å². The van der Waals surface area contributed by atoms with Crippen LogP contribution in [0.5, 0.6) is 0 Å². The molecule has 10 heteroatoms. The summed E-state index contributed by atoms with van der Waals surface area (Å²) in [5.74, 6) is 0.368. The molecule has 1 aliphatic rings. The highest BCUT2D eigenvalue weighted by atomic mass is 32.2. The van der Waals surface area contributed by atoms with Crippen molar-refractivity contribution in [1.82, 2.24) is 14.8 Å². The summed E-state index contributed by atoms with van der Waals surface area (Å²) >= 11 is 0. The largest absolute Gasteiger partial charge is 0.379 e. The van der Waals surface area contributed by atoms with Crippen molar-refractivity contribution < 1.29 is 8.95 Å². The van der Waals surface area contributed by atoms with Gasteiger partial charge in [0.25, 0.3) is 5.56 Å². The van der Waals surface area contributed by atoms with Gasteiger partial charge in [0.1, 0.15) is 5.39 Å². The van der Waals surface area contributed by atoms with Gasteiger partial charge in [0.15, 0.2) is 5.82 Å². The third-order valence-corrected chi connectivity index (χ3v) is 8.19. The number of hydrogen-bond acceptors (Lipinski definition) is 7. The molecule has 1 saturated heterocycles. The maximum atomic E-state index is 12.7. The SMILES string of the molecule is CC(C)S(=N)(=O)c1ccc(Nc2nn(C3(CC#N)CCCOC3)c3cc[nH]c(=O)c23)cc1. The summed E-state index contributed by atoms with van der Waals surface area (Å²) in [7, 11) is -2.88. The second kappa shape index (κ2) is 8.41. The Morgan fingerprint density at radius 1 is 1.38 bits per heavy atom. The lowest BCUT2D eigenvalue weighted by Gasteiger charge is -2.35. The lowest BCUT2D eigenvalue weighted by Crippen LogP contribution is -2.42. The predicted molar refractivity (Wildman–Crippen MR) is 123 cm³/mol. The molecule has 0 spiro atoms. The predicted octanol–water partition coefficient (Wildman–Crippen LogP) is 3.70. The summed E-state index contributed by atoms with van der Waals surface area (Å²) in [6, 6.07) is 10.8. The van der Waals surface area contributed by atoms with E-state index in [2.05, 4.69) is 16.4 Å². The quantitative estimate of drug-likeness (QED) is 0.519. The molecule has 1 aliphatic heterocycles. The van der Waals surface area contributed by atoms with Crippen molar-refractivity contribution in [2.75, 3.05) is 18.5 Å². The highest BCUT2D eigenvalue weighted by Gasteiger charge is 2.38. The number of nitrogens with zero attached hydrogens (tertiary/aromatic N) is 3. The summed E-state index contributed by atoms with van der Waals surface area (Å²) in [6.45, 7) is 4.52. The van der Waals surface area contributed by atoms with Crippen LogP contribution in [0.25, 0.3) is 10.9 Å². The van der Waals surface area contributed by atoms with E-state index in [1.807, 2.05) is 0 Å². The Labute approximate surface area is 186 Å². The van der Waals surface area contributed by atoms with E-state index in [-0.39, 0.29) is 17.2 Å². The van der Waals surface area contributed by atoms with Crippen LogP contribution in [-0.4, -0.2) is 37.4 Å². The third-order valence-electron chi connectivity index (χ3n) is 5.89. The van der Waals surface area contributed by atoms with Gasteiger partial charge in [-0.25, -0.2) is 8.99 Å². The lowest BCUT2D eigenvalue weighted by molar-refractivity contribution is -0.00174. The number of pyridine rings is 1. The van der Waals surface area contributed by atoms with Crippen LogP contribution in [0.3, 0.4) is 0 Å². The van der Waals surface area contributed by atoms with Crippen molar-refractivity contribution in [3.05, 3.63) is 46.9 Å². The third kappa shape index (κ3) is 3.78. The second-order valence-corrected chi connectivity index (χ2v) is 11.0. The smallest absolute Gasteiger partial charge is 0.261 e. The van der Waals surface area contributed by atoms with E-state index in [0.717, 1.165) is 12.8 Å². The number of aromatic nitrogens is 3. The maximum Gasteiger partial charge on any atom is 0.261 e. The van der Waals surface area contributed by atoms with Gasteiger partial charge in [0, 0.05) is 28.6 Å². The summed E-state index contributed by atoms with van der Waals surface area (Å²) in [5, 5.41) is 17.5. The Hall–Kier alpha value is -3.16. The number of aromatic amines is 1. The van der Waals surface area contributed by atoms with E-state index in [1.165, 1.54) is 0 Å². The number of nitriles is 1. The van der Waals surface area contributed by atoms with Gasteiger partial charge in [-0.2, -0.15) is 10.4 Å². The van der Waals surface area contributed by atoms with Gasteiger partial charge in [-0.05, 0) is 57.0 Å². The number of anilines is 2. The van der Waals surface area contributed by atoms with E-state index in [1.54, 1.807) is 55.1 Å². The minimum Gasteiger partial charge on any atom is -0.379 e. The monoisotopic (exact) mass is 454 g/mol. The summed E-state index contributed by atoms with van der Waals surface area (Å²) in [5.41, 5.74) is 0.349. The first kappa shape index (κ1) is 22.0. The Bertz CT molecular complexity index is 1330. The van der Waals surface area contributed by atoms with Crippen molar-refractivity contribution >= 4 is 32.1 Å². The normalized spacial score (nSPS) is 20.7. The molecular formula is C22H26N6O3S. The number of benzene rings is 1. The van der Waals surface area contributed by atoms with Gasteiger partial charge in [0.2, 0.25) is 0 Å². The standard InChI is InChI=1S/C22H26N6O3S/c1-15(2)32(24,30)17-6-4-16(5-7-17)26-20-19-18(8-12-25-21(19)29)28(27-20)22(10-11-23)9-3-13-31-14-22/h4-8,12,15,24H,3,9-10,13-14H2,1-2H3,(H,25,29)(H,26,27). The van der Waals surface area contributed by atoms with Crippen molar-refractivity contribution in [2.24, 2.45) is 0 Å². The molecule has 4 rings (SSSR count). The minimum atomic E-state index is -2.88. The molecule has 0 radical (unpaired) electrons. The molecule has 3 heterocycles. The Morgan fingerprint density at radius 2 is 2.12 bits per heavy atom. The number of fused-ring (bicyclic) bond motifs is 1. The van der Waals surface area contributed by atoms with Crippen LogP contribution in [0.15, 0.2) is 46.2 Å². The van der Waals surface area contributed by atoms with Crippen LogP contribution in [0, 0.1) is 16.1 Å². The molecule has 3 N–H and O–H groups in total. The molecule has 9 nitrogen and oxygen atoms in total. The zero-order chi connectivity index (χ0) is 22.9. The van der Waals surface area contributed by atoms with Gasteiger partial charge < -0.3 is 15.0 Å². The molecule has 2 atom stereocenters. The fourth-order valence-electron chi connectivity index (χ4n) is 4.04. The highest BCUT2D eigenvalue weighted by Crippen LogP contribution is 2.35. The summed E-state index contributed by atoms with van der Waals surface area (Å²) < 4.78 is 28.2. The number of rotatable bonds is 6. The number of ether oxygens (including phenoxy) is 1. The number of nitrogens with one attached hydrogen (secondary N) is 3. The molecule has 1 fully saturated rings. The first-order chi connectivity index (χ1) is 15.3. The molecular weight excluding hydrogens is 428 g/mol. The van der Waals surface area contributed by atoms with Crippen LogP contribution >= 0.6 is 0 Å². The van der Waals surface area contributed by atoms with Gasteiger partial charge in [-0.15, -0.1) is 0 Å². The summed E-state index contributed by atoms with van der Waals surface area (Å²) in [6.07, 6.45) is 3.32. The topological polar surface area (TPSA) is 137 Å². The average molecular weight is 455 g/mol. The van der Waals surface area contributed by atoms with Crippen LogP contribution in [-0.2, 0) is 20.0 Å². The Morgan fingerprint density at radius 3 is 2.75 bits per heavy atom. The Kier molecular flexibility index (Phi) is 5.79. The van der Waals surface area contributed by atoms with E-state index >= 15 is 0 Å². The van der Waals surface area contributed by atoms with Gasteiger partial charge in [0.05, 0.1) is 39.9 Å². The van der Waals surface area contributed by atoms with Gasteiger partial charge in [-0.3, -0.25) is 9.48 Å². The van der Waals surface area contributed by atoms with Crippen LogP contribution in [0.2, 0.25) is 0 Å². The van der Waals surface area contributed by atoms with E-state index < -0.39 is 15.3 Å². The van der Waals surface area contributed by atoms with Crippen LogP contribution < -0.4 is 10.9 Å². The molecule has 2 unspecified atom stereocenters. The zero-order valence-corrected chi connectivity index (χ0v) is 18.9. The zero-order valence-electron chi connectivity index (χ0n) is 18.1. The maximum absolute atomic E-state index is 12.7. The molecule has 168 valence electrons. The minimum absolute atomic E-state index is 0.220. The highest BCUT2D eigenvalue weighted by molar-refractivity contribution is 7.93. The van der Waals surface area contributed by atoms with Crippen LogP contribution in [0.4, 0.5) is 11.5 Å². The second-order valence-electron chi connectivity index (χ2n) is 8.34. The van der Waals surface area contributed by atoms with Crippen LogP contribution in [0.1, 0.15) is 33.1 Å². The molecule has 0 saturated carbocycles. The Balaban J connectivity index is 1.78. The van der Waals surface area contributed by atoms with Gasteiger partial charge in [-0.1, -0.05) is 0 Å². The van der Waals surface area contributed by atoms with E-state index in [4.69, 9.17) is 14.6 Å². The number of hydrogen-bond donors (Lipinski definition) is 3. The first-order valence-corrected chi connectivity index (χ1v) is 12.1. The first-order valence-electron chi connectivity index (χ1n) is 10.5. The van der Waals surface area contributed by atoms with Crippen molar-refractivity contribution in [3.8, 4) is 6.07 Å². The fraction of sp³-hybridized carbons (Fsp3) is 0.409. The van der Waals surface area contributed by atoms with Crippen molar-refractivity contribution in [3.63, 3.8) is 0 Å². The lowest BCUT2D eigenvalue weighted by atomic mass is 9.89. The van der Waals surface area contributed by atoms with Crippen molar-refractivity contribution in [2.45, 2.75) is 48.8 Å². The summed E-state index contributed by atoms with van der Waals surface area (Å²) in [4.78, 5) is 15.9. The van der Waals surface area contributed by atoms with E-state index in [9.17, 15) is 14.3 Å². The fourth-order valence-corrected chi connectivity index (χ4v) is 5.13. The molecule has 1 aromatic carbocycles. The molecule has 0 aliphatic carbocycles. The average Bonchev–Trinajstić information content (AvgIpc) is 3.15. The van der Waals surface area contributed by atoms with E-state index in [0.29, 0.717) is 40.5 Å².